The Morgan fingerprint density at radius 2 is 1.85 bits per heavy atom. The summed E-state index contributed by atoms with van der Waals surface area (Å²) < 4.78 is 39.3. The molecule has 5 nitrogen and oxygen atoms in total. The van der Waals surface area contributed by atoms with Gasteiger partial charge in [-0.05, 0) is 18.2 Å². The molecule has 1 aromatic carbocycles. The molecule has 0 bridgehead atoms. The zero-order chi connectivity index (χ0) is 14.9. The second-order valence-electron chi connectivity index (χ2n) is 3.61. The highest BCUT2D eigenvalue weighted by molar-refractivity contribution is 6.29. The van der Waals surface area contributed by atoms with Crippen LogP contribution in [-0.2, 0) is 0 Å². The number of pyridine rings is 1. The lowest BCUT2D eigenvalue weighted by Crippen LogP contribution is -2.03. The van der Waals surface area contributed by atoms with E-state index in [1.165, 1.54) is 6.07 Å². The minimum atomic E-state index is -1.69. The molecule has 0 spiro atoms. The Balaban J connectivity index is 2.47. The maximum atomic E-state index is 13.5. The quantitative estimate of drug-likeness (QED) is 0.405. The number of halogens is 4. The zero-order valence-electron chi connectivity index (χ0n) is 9.53. The Hall–Kier alpha value is -2.35. The number of hydrogen-bond donors (Lipinski definition) is 1. The predicted octanol–water partition coefficient (Wildman–Crippen LogP) is 3.80. The first-order valence-corrected chi connectivity index (χ1v) is 5.49. The number of hydrogen-bond acceptors (Lipinski definition) is 4. The molecule has 2 rings (SSSR count). The van der Waals surface area contributed by atoms with Crippen LogP contribution in [0.5, 0.6) is 0 Å². The standard InChI is InChI=1S/C11H5ClF3N3O2/c12-8-4-3-7(18(19)20)11(17-8)16-6-2-1-5(13)9(14)10(6)15/h1-4H,(H,16,17). The molecule has 0 aliphatic carbocycles. The second-order valence-corrected chi connectivity index (χ2v) is 3.99. The highest BCUT2D eigenvalue weighted by Crippen LogP contribution is 2.29. The number of nitro groups is 1. The molecule has 0 unspecified atom stereocenters. The topological polar surface area (TPSA) is 68.1 Å². The molecule has 0 saturated carbocycles. The highest BCUT2D eigenvalue weighted by Gasteiger charge is 2.19. The summed E-state index contributed by atoms with van der Waals surface area (Å²) in [6.07, 6.45) is 0. The van der Waals surface area contributed by atoms with E-state index in [9.17, 15) is 23.3 Å². The summed E-state index contributed by atoms with van der Waals surface area (Å²) in [6, 6.07) is 3.79. The minimum Gasteiger partial charge on any atom is -0.332 e. The van der Waals surface area contributed by atoms with Gasteiger partial charge in [0, 0.05) is 6.07 Å². The molecule has 0 atom stereocenters. The summed E-state index contributed by atoms with van der Waals surface area (Å²) >= 11 is 5.58. The lowest BCUT2D eigenvalue weighted by molar-refractivity contribution is -0.384. The van der Waals surface area contributed by atoms with Crippen LogP contribution in [0.4, 0.5) is 30.4 Å². The normalized spacial score (nSPS) is 10.4. The van der Waals surface area contributed by atoms with Crippen LogP contribution in [0.1, 0.15) is 0 Å². The van der Waals surface area contributed by atoms with Gasteiger partial charge in [0.05, 0.1) is 10.6 Å². The van der Waals surface area contributed by atoms with Gasteiger partial charge in [-0.1, -0.05) is 11.6 Å². The van der Waals surface area contributed by atoms with Crippen LogP contribution in [0.3, 0.4) is 0 Å². The van der Waals surface area contributed by atoms with Crippen molar-refractivity contribution in [2.45, 2.75) is 0 Å². The van der Waals surface area contributed by atoms with Crippen molar-refractivity contribution in [3.05, 3.63) is 57.0 Å². The summed E-state index contributed by atoms with van der Waals surface area (Å²) in [5.74, 6) is -4.96. The molecule has 9 heteroatoms. The molecule has 0 fully saturated rings. The van der Waals surface area contributed by atoms with E-state index in [-0.39, 0.29) is 11.0 Å². The Labute approximate surface area is 115 Å². The van der Waals surface area contributed by atoms with E-state index in [1.54, 1.807) is 0 Å². The van der Waals surface area contributed by atoms with Gasteiger partial charge in [-0.2, -0.15) is 0 Å². The van der Waals surface area contributed by atoms with Gasteiger partial charge in [0.1, 0.15) is 5.15 Å². The summed E-state index contributed by atoms with van der Waals surface area (Å²) in [7, 11) is 0. The summed E-state index contributed by atoms with van der Waals surface area (Å²) in [4.78, 5) is 13.6. The van der Waals surface area contributed by atoms with Gasteiger partial charge in [-0.15, -0.1) is 0 Å². The summed E-state index contributed by atoms with van der Waals surface area (Å²) in [5.41, 5.74) is -0.986. The van der Waals surface area contributed by atoms with Gasteiger partial charge in [-0.25, -0.2) is 18.2 Å². The van der Waals surface area contributed by atoms with Gasteiger partial charge in [0.15, 0.2) is 17.5 Å². The fourth-order valence-electron chi connectivity index (χ4n) is 1.42. The molecule has 20 heavy (non-hydrogen) atoms. The Kier molecular flexibility index (Phi) is 3.75. The minimum absolute atomic E-state index is 0.0823. The molecular weight excluding hydrogens is 299 g/mol. The van der Waals surface area contributed by atoms with Crippen LogP contribution in [0.15, 0.2) is 24.3 Å². The number of nitrogens with one attached hydrogen (secondary N) is 1. The number of anilines is 2. The number of nitrogens with zero attached hydrogens (tertiary/aromatic N) is 2. The monoisotopic (exact) mass is 303 g/mol. The molecule has 1 N–H and O–H groups in total. The number of benzene rings is 1. The van der Waals surface area contributed by atoms with Crippen molar-refractivity contribution >= 4 is 28.8 Å². The third-order valence-electron chi connectivity index (χ3n) is 2.32. The molecule has 0 aliphatic rings. The smallest absolute Gasteiger partial charge is 0.311 e. The third-order valence-corrected chi connectivity index (χ3v) is 2.54. The summed E-state index contributed by atoms with van der Waals surface area (Å²) in [5, 5.41) is 12.9. The van der Waals surface area contributed by atoms with E-state index in [0.717, 1.165) is 12.1 Å². The molecule has 1 aromatic heterocycles. The average Bonchev–Trinajstić information content (AvgIpc) is 2.39. The fraction of sp³-hybridized carbons (Fsp3) is 0. The first-order chi connectivity index (χ1) is 9.40. The highest BCUT2D eigenvalue weighted by atomic mass is 35.5. The van der Waals surface area contributed by atoms with Gasteiger partial charge >= 0.3 is 5.69 Å². The van der Waals surface area contributed by atoms with Crippen molar-refractivity contribution in [2.24, 2.45) is 0 Å². The molecule has 104 valence electrons. The zero-order valence-corrected chi connectivity index (χ0v) is 10.3. The van der Waals surface area contributed by atoms with Crippen molar-refractivity contribution in [3.63, 3.8) is 0 Å². The molecule has 0 radical (unpaired) electrons. The van der Waals surface area contributed by atoms with E-state index in [2.05, 4.69) is 10.3 Å². The van der Waals surface area contributed by atoms with E-state index in [4.69, 9.17) is 11.6 Å². The molecule has 0 aliphatic heterocycles. The van der Waals surface area contributed by atoms with Crippen LogP contribution in [0.25, 0.3) is 0 Å². The van der Waals surface area contributed by atoms with Gasteiger partial charge in [-0.3, -0.25) is 10.1 Å². The van der Waals surface area contributed by atoms with Crippen molar-refractivity contribution in [1.29, 1.82) is 0 Å². The Bertz CT molecular complexity index is 697. The number of rotatable bonds is 3. The van der Waals surface area contributed by atoms with E-state index in [1.807, 2.05) is 0 Å². The molecule has 1 heterocycles. The first-order valence-electron chi connectivity index (χ1n) is 5.11. The van der Waals surface area contributed by atoms with Crippen molar-refractivity contribution in [3.8, 4) is 0 Å². The van der Waals surface area contributed by atoms with Crippen LogP contribution >= 0.6 is 11.6 Å². The van der Waals surface area contributed by atoms with E-state index < -0.39 is 33.7 Å². The SMILES string of the molecule is O=[N+]([O-])c1ccc(Cl)nc1Nc1ccc(F)c(F)c1F. The van der Waals surface area contributed by atoms with Crippen LogP contribution in [-0.4, -0.2) is 9.91 Å². The molecule has 2 aromatic rings. The van der Waals surface area contributed by atoms with Crippen molar-refractivity contribution in [1.82, 2.24) is 4.98 Å². The molecule has 0 saturated heterocycles. The van der Waals surface area contributed by atoms with Crippen molar-refractivity contribution in [2.75, 3.05) is 5.32 Å². The van der Waals surface area contributed by atoms with Crippen LogP contribution in [0.2, 0.25) is 5.15 Å². The second kappa shape index (κ2) is 5.33. The van der Waals surface area contributed by atoms with Gasteiger partial charge in [0.2, 0.25) is 5.82 Å². The van der Waals surface area contributed by atoms with E-state index in [0.29, 0.717) is 6.07 Å². The van der Waals surface area contributed by atoms with Crippen LogP contribution < -0.4 is 5.32 Å². The molecule has 0 amide bonds. The maximum absolute atomic E-state index is 13.5. The molecular formula is C11H5ClF3N3O2. The largest absolute Gasteiger partial charge is 0.332 e. The van der Waals surface area contributed by atoms with Crippen LogP contribution in [0, 0.1) is 27.6 Å². The lowest BCUT2D eigenvalue weighted by atomic mass is 10.2. The number of aromatic nitrogens is 1. The van der Waals surface area contributed by atoms with Gasteiger partial charge < -0.3 is 5.32 Å². The maximum Gasteiger partial charge on any atom is 0.311 e. The Morgan fingerprint density at radius 1 is 1.15 bits per heavy atom. The van der Waals surface area contributed by atoms with Gasteiger partial charge in [0.25, 0.3) is 0 Å². The fourth-order valence-corrected chi connectivity index (χ4v) is 1.56. The average molecular weight is 304 g/mol. The Morgan fingerprint density at radius 3 is 2.50 bits per heavy atom. The predicted molar refractivity (Wildman–Crippen MR) is 65.5 cm³/mol. The lowest BCUT2D eigenvalue weighted by Gasteiger charge is -2.08. The first kappa shape index (κ1) is 14.1. The van der Waals surface area contributed by atoms with Crippen molar-refractivity contribution < 1.29 is 18.1 Å². The summed E-state index contributed by atoms with van der Waals surface area (Å²) in [6.45, 7) is 0. The third kappa shape index (κ3) is 2.64. The van der Waals surface area contributed by atoms with E-state index >= 15 is 0 Å².